The Morgan fingerprint density at radius 3 is 2.36 bits per heavy atom. The van der Waals surface area contributed by atoms with Gasteiger partial charge in [-0.05, 0) is 44.9 Å². The summed E-state index contributed by atoms with van der Waals surface area (Å²) in [6.45, 7) is 2.48. The molecule has 6 heteroatoms. The Kier molecular flexibility index (Phi) is 5.80. The first-order valence-corrected chi connectivity index (χ1v) is 8.35. The summed E-state index contributed by atoms with van der Waals surface area (Å²) in [7, 11) is 0. The van der Waals surface area contributed by atoms with Crippen LogP contribution in [-0.2, 0) is 14.4 Å². The third kappa shape index (κ3) is 3.99. The van der Waals surface area contributed by atoms with Crippen molar-refractivity contribution in [2.75, 3.05) is 6.54 Å². The van der Waals surface area contributed by atoms with Crippen LogP contribution in [0.3, 0.4) is 0 Å². The summed E-state index contributed by atoms with van der Waals surface area (Å²) >= 11 is 0. The van der Waals surface area contributed by atoms with Crippen LogP contribution in [0.25, 0.3) is 0 Å². The zero-order chi connectivity index (χ0) is 16.1. The van der Waals surface area contributed by atoms with Crippen LogP contribution in [0.1, 0.15) is 58.3 Å². The third-order valence-corrected chi connectivity index (χ3v) is 4.85. The van der Waals surface area contributed by atoms with Gasteiger partial charge in [-0.1, -0.05) is 6.92 Å². The van der Waals surface area contributed by atoms with Crippen molar-refractivity contribution in [2.24, 2.45) is 5.92 Å². The van der Waals surface area contributed by atoms with E-state index in [1.165, 1.54) is 0 Å². The van der Waals surface area contributed by atoms with Crippen LogP contribution in [0.15, 0.2) is 0 Å². The Bertz CT molecular complexity index is 430. The van der Waals surface area contributed by atoms with Crippen LogP contribution >= 0.6 is 0 Å². The summed E-state index contributed by atoms with van der Waals surface area (Å²) in [5.74, 6) is -1.05. The van der Waals surface area contributed by atoms with E-state index in [9.17, 15) is 14.4 Å². The second-order valence-corrected chi connectivity index (χ2v) is 6.35. The lowest BCUT2D eigenvalue weighted by molar-refractivity contribution is -0.144. The van der Waals surface area contributed by atoms with Crippen molar-refractivity contribution in [2.45, 2.75) is 70.4 Å². The van der Waals surface area contributed by atoms with Gasteiger partial charge >= 0.3 is 5.97 Å². The molecule has 1 aliphatic carbocycles. The van der Waals surface area contributed by atoms with E-state index in [2.05, 4.69) is 5.32 Å². The second-order valence-electron chi connectivity index (χ2n) is 6.35. The zero-order valence-corrected chi connectivity index (χ0v) is 13.2. The molecule has 124 valence electrons. The van der Waals surface area contributed by atoms with Gasteiger partial charge in [0.15, 0.2) is 0 Å². The van der Waals surface area contributed by atoms with Crippen molar-refractivity contribution in [3.8, 4) is 0 Å². The first-order chi connectivity index (χ1) is 10.5. The topological polar surface area (TPSA) is 86.7 Å². The van der Waals surface area contributed by atoms with Crippen LogP contribution in [0.5, 0.6) is 0 Å². The highest BCUT2D eigenvalue weighted by Crippen LogP contribution is 2.25. The molecule has 0 spiro atoms. The summed E-state index contributed by atoms with van der Waals surface area (Å²) < 4.78 is 0. The quantitative estimate of drug-likeness (QED) is 0.824. The first-order valence-electron chi connectivity index (χ1n) is 8.35. The average Bonchev–Trinajstić information content (AvgIpc) is 2.54. The van der Waals surface area contributed by atoms with E-state index in [4.69, 9.17) is 5.11 Å². The van der Waals surface area contributed by atoms with E-state index in [0.717, 1.165) is 19.3 Å². The fraction of sp³-hybridized carbons (Fsp3) is 0.812. The molecule has 0 aromatic heterocycles. The molecule has 1 unspecified atom stereocenters. The molecule has 2 rings (SSSR count). The molecular formula is C16H26N2O4. The molecule has 2 amide bonds. The summed E-state index contributed by atoms with van der Waals surface area (Å²) in [4.78, 5) is 37.1. The predicted octanol–water partition coefficient (Wildman–Crippen LogP) is 1.54. The third-order valence-electron chi connectivity index (χ3n) is 4.85. The Labute approximate surface area is 131 Å². The maximum absolute atomic E-state index is 12.5. The van der Waals surface area contributed by atoms with Crippen LogP contribution in [0, 0.1) is 5.92 Å². The van der Waals surface area contributed by atoms with Crippen molar-refractivity contribution >= 4 is 17.8 Å². The molecule has 0 bridgehead atoms. The number of carboxylic acid groups (broad SMARTS) is 1. The van der Waals surface area contributed by atoms with Gasteiger partial charge in [-0.2, -0.15) is 0 Å². The van der Waals surface area contributed by atoms with Gasteiger partial charge in [0.25, 0.3) is 0 Å². The number of carbonyl (C=O) groups is 3. The molecule has 0 radical (unpaired) electrons. The van der Waals surface area contributed by atoms with Gasteiger partial charge in [0.2, 0.25) is 11.8 Å². The highest BCUT2D eigenvalue weighted by molar-refractivity contribution is 5.88. The fourth-order valence-corrected chi connectivity index (χ4v) is 3.49. The molecule has 2 fully saturated rings. The molecule has 1 saturated carbocycles. The van der Waals surface area contributed by atoms with E-state index in [1.807, 2.05) is 6.92 Å². The summed E-state index contributed by atoms with van der Waals surface area (Å²) in [6.07, 6.45) is 5.71. The van der Waals surface area contributed by atoms with Gasteiger partial charge in [0.1, 0.15) is 6.04 Å². The van der Waals surface area contributed by atoms with Crippen LogP contribution < -0.4 is 5.32 Å². The van der Waals surface area contributed by atoms with Gasteiger partial charge in [-0.3, -0.25) is 14.4 Å². The standard InChI is InChI=1S/C16H26N2O4/c1-2-14(19)18-10-4-3-5-13(18)15(20)17-12-8-6-11(7-9-12)16(21)22/h11-13H,2-10H2,1H3,(H,17,20)(H,21,22). The maximum atomic E-state index is 12.5. The second kappa shape index (κ2) is 7.61. The number of likely N-dealkylation sites (tertiary alicyclic amines) is 1. The minimum absolute atomic E-state index is 0.0365. The highest BCUT2D eigenvalue weighted by atomic mass is 16.4. The molecule has 22 heavy (non-hydrogen) atoms. The van der Waals surface area contributed by atoms with Crippen molar-refractivity contribution in [3.63, 3.8) is 0 Å². The Hall–Kier alpha value is -1.59. The van der Waals surface area contributed by atoms with Crippen LogP contribution in [-0.4, -0.2) is 46.4 Å². The number of hydrogen-bond donors (Lipinski definition) is 2. The average molecular weight is 310 g/mol. The molecule has 1 aliphatic heterocycles. The lowest BCUT2D eigenvalue weighted by Gasteiger charge is -2.36. The smallest absolute Gasteiger partial charge is 0.306 e. The van der Waals surface area contributed by atoms with E-state index in [0.29, 0.717) is 38.6 Å². The number of hydrogen-bond acceptors (Lipinski definition) is 3. The molecule has 1 saturated heterocycles. The van der Waals surface area contributed by atoms with Gasteiger partial charge in [-0.25, -0.2) is 0 Å². The largest absolute Gasteiger partial charge is 0.481 e. The number of nitrogens with zero attached hydrogens (tertiary/aromatic N) is 1. The molecule has 6 nitrogen and oxygen atoms in total. The summed E-state index contributed by atoms with van der Waals surface area (Å²) in [5, 5.41) is 12.0. The van der Waals surface area contributed by atoms with Crippen molar-refractivity contribution < 1.29 is 19.5 Å². The minimum Gasteiger partial charge on any atom is -0.481 e. The number of carboxylic acids is 1. The molecule has 2 N–H and O–H groups in total. The monoisotopic (exact) mass is 310 g/mol. The van der Waals surface area contributed by atoms with Gasteiger partial charge < -0.3 is 15.3 Å². The molecule has 2 aliphatic rings. The number of carbonyl (C=O) groups excluding carboxylic acids is 2. The Morgan fingerprint density at radius 2 is 1.77 bits per heavy atom. The van der Waals surface area contributed by atoms with E-state index in [1.54, 1.807) is 4.90 Å². The molecule has 1 atom stereocenters. The van der Waals surface area contributed by atoms with E-state index < -0.39 is 5.97 Å². The number of amides is 2. The lowest BCUT2D eigenvalue weighted by Crippen LogP contribution is -2.54. The van der Waals surface area contributed by atoms with Crippen molar-refractivity contribution in [1.82, 2.24) is 10.2 Å². The van der Waals surface area contributed by atoms with Crippen molar-refractivity contribution in [3.05, 3.63) is 0 Å². The fourth-order valence-electron chi connectivity index (χ4n) is 3.49. The Morgan fingerprint density at radius 1 is 1.09 bits per heavy atom. The van der Waals surface area contributed by atoms with Crippen LogP contribution in [0.4, 0.5) is 0 Å². The van der Waals surface area contributed by atoms with Gasteiger partial charge in [0, 0.05) is 19.0 Å². The lowest BCUT2D eigenvalue weighted by atomic mass is 9.86. The predicted molar refractivity (Wildman–Crippen MR) is 81.2 cm³/mol. The molecule has 1 heterocycles. The minimum atomic E-state index is -0.739. The number of aliphatic carboxylic acids is 1. The number of rotatable bonds is 4. The summed E-state index contributed by atoms with van der Waals surface area (Å²) in [5.41, 5.74) is 0. The normalized spacial score (nSPS) is 29.0. The van der Waals surface area contributed by atoms with Gasteiger partial charge in [0.05, 0.1) is 5.92 Å². The Balaban J connectivity index is 1.88. The molecule has 0 aromatic carbocycles. The first kappa shape index (κ1) is 16.8. The van der Waals surface area contributed by atoms with E-state index in [-0.39, 0.29) is 29.8 Å². The van der Waals surface area contributed by atoms with Gasteiger partial charge in [-0.15, -0.1) is 0 Å². The number of piperidine rings is 1. The molecule has 0 aromatic rings. The maximum Gasteiger partial charge on any atom is 0.306 e. The summed E-state index contributed by atoms with van der Waals surface area (Å²) in [6, 6.07) is -0.304. The van der Waals surface area contributed by atoms with Crippen molar-refractivity contribution in [1.29, 1.82) is 0 Å². The molecular weight excluding hydrogens is 284 g/mol. The van der Waals surface area contributed by atoms with E-state index >= 15 is 0 Å². The van der Waals surface area contributed by atoms with Crippen LogP contribution in [0.2, 0.25) is 0 Å². The number of nitrogens with one attached hydrogen (secondary N) is 1. The SMILES string of the molecule is CCC(=O)N1CCCCC1C(=O)NC1CCC(C(=O)O)CC1. The zero-order valence-electron chi connectivity index (χ0n) is 13.2. The highest BCUT2D eigenvalue weighted by Gasteiger charge is 2.33.